The van der Waals surface area contributed by atoms with Crippen molar-refractivity contribution in [1.82, 2.24) is 15.6 Å². The van der Waals surface area contributed by atoms with E-state index in [0.717, 1.165) is 5.69 Å². The van der Waals surface area contributed by atoms with Crippen LogP contribution in [0.2, 0.25) is 0 Å². The Labute approximate surface area is 52.7 Å². The third-order valence-electron chi connectivity index (χ3n) is 1.00. The van der Waals surface area contributed by atoms with E-state index in [4.69, 9.17) is 5.84 Å². The van der Waals surface area contributed by atoms with Crippen LogP contribution in [0.3, 0.4) is 0 Å². The molecule has 0 spiro atoms. The molecule has 0 amide bonds. The summed E-state index contributed by atoms with van der Waals surface area (Å²) in [6.45, 7) is 3.61. The molecular formula is C5H8N4. The van der Waals surface area contributed by atoms with Crippen LogP contribution in [0.15, 0.2) is 18.8 Å². The number of H-pyrrole nitrogens is 1. The highest BCUT2D eigenvalue weighted by atomic mass is 15.2. The number of nitrogens with two attached hydrogens (primary N) is 1. The van der Waals surface area contributed by atoms with Crippen LogP contribution in [0.1, 0.15) is 5.69 Å². The summed E-state index contributed by atoms with van der Waals surface area (Å²) in [5.74, 6) is 5.07. The van der Waals surface area contributed by atoms with Gasteiger partial charge in [-0.1, -0.05) is 6.58 Å². The number of nitrogens with one attached hydrogen (secondary N) is 2. The van der Waals surface area contributed by atoms with Crippen LogP contribution in [0.5, 0.6) is 0 Å². The van der Waals surface area contributed by atoms with E-state index in [0.29, 0.717) is 5.70 Å². The lowest BCUT2D eigenvalue weighted by Crippen LogP contribution is -2.19. The number of nitrogens with zero attached hydrogens (tertiary/aromatic N) is 1. The van der Waals surface area contributed by atoms with Crippen molar-refractivity contribution in [2.24, 2.45) is 5.84 Å². The molecule has 1 aromatic heterocycles. The number of hydrogen-bond donors (Lipinski definition) is 3. The van der Waals surface area contributed by atoms with Gasteiger partial charge < -0.3 is 5.43 Å². The van der Waals surface area contributed by atoms with Crippen molar-refractivity contribution >= 4 is 5.70 Å². The molecule has 4 heteroatoms. The van der Waals surface area contributed by atoms with Crippen LogP contribution in [-0.4, -0.2) is 10.2 Å². The van der Waals surface area contributed by atoms with Gasteiger partial charge in [-0.05, 0) is 6.07 Å². The monoisotopic (exact) mass is 124 g/mol. The molecule has 9 heavy (non-hydrogen) atoms. The molecule has 0 unspecified atom stereocenters. The summed E-state index contributed by atoms with van der Waals surface area (Å²) in [7, 11) is 0. The summed E-state index contributed by atoms with van der Waals surface area (Å²) in [4.78, 5) is 0. The first-order valence-electron chi connectivity index (χ1n) is 2.50. The Morgan fingerprint density at radius 1 is 1.89 bits per heavy atom. The Hall–Kier alpha value is -1.29. The van der Waals surface area contributed by atoms with Crippen LogP contribution in [0.4, 0.5) is 0 Å². The zero-order valence-corrected chi connectivity index (χ0v) is 4.89. The smallest absolute Gasteiger partial charge is 0.0816 e. The molecule has 0 aliphatic carbocycles. The van der Waals surface area contributed by atoms with Crippen LogP contribution in [0, 0.1) is 0 Å². The highest BCUT2D eigenvalue weighted by Gasteiger charge is 1.93. The van der Waals surface area contributed by atoms with Gasteiger partial charge in [0.15, 0.2) is 0 Å². The first-order chi connectivity index (χ1) is 4.34. The summed E-state index contributed by atoms with van der Waals surface area (Å²) in [5, 5.41) is 6.41. The molecular weight excluding hydrogens is 116 g/mol. The molecule has 4 N–H and O–H groups in total. The Morgan fingerprint density at radius 2 is 2.67 bits per heavy atom. The molecule has 1 aromatic rings. The van der Waals surface area contributed by atoms with Crippen molar-refractivity contribution in [3.63, 3.8) is 0 Å². The zero-order valence-electron chi connectivity index (χ0n) is 4.89. The summed E-state index contributed by atoms with van der Waals surface area (Å²) in [6.07, 6.45) is 1.64. The zero-order chi connectivity index (χ0) is 6.69. The van der Waals surface area contributed by atoms with E-state index >= 15 is 0 Å². The lowest BCUT2D eigenvalue weighted by molar-refractivity contribution is 0.967. The minimum atomic E-state index is 0.632. The van der Waals surface area contributed by atoms with E-state index in [2.05, 4.69) is 22.2 Å². The van der Waals surface area contributed by atoms with Crippen molar-refractivity contribution < 1.29 is 0 Å². The van der Waals surface area contributed by atoms with E-state index in [1.807, 2.05) is 0 Å². The summed E-state index contributed by atoms with van der Waals surface area (Å²) < 4.78 is 0. The fraction of sp³-hybridized carbons (Fsp3) is 0. The minimum Gasteiger partial charge on any atom is -0.323 e. The number of aromatic nitrogens is 2. The van der Waals surface area contributed by atoms with Crippen molar-refractivity contribution in [3.05, 3.63) is 24.5 Å². The third kappa shape index (κ3) is 1.09. The molecule has 0 aromatic carbocycles. The molecule has 0 atom stereocenters. The number of hydrogen-bond acceptors (Lipinski definition) is 3. The predicted molar refractivity (Wildman–Crippen MR) is 34.9 cm³/mol. The molecule has 48 valence electrons. The van der Waals surface area contributed by atoms with Gasteiger partial charge in [0.25, 0.3) is 0 Å². The normalized spacial score (nSPS) is 9.00. The highest BCUT2D eigenvalue weighted by molar-refractivity contribution is 5.56. The SMILES string of the molecule is C=C(NN)c1ccn[nH]1. The van der Waals surface area contributed by atoms with E-state index in [1.54, 1.807) is 12.3 Å². The molecule has 1 rings (SSSR count). The molecule has 0 bridgehead atoms. The van der Waals surface area contributed by atoms with Gasteiger partial charge in [0.05, 0.1) is 11.4 Å². The molecule has 0 radical (unpaired) electrons. The van der Waals surface area contributed by atoms with Crippen LogP contribution in [0.25, 0.3) is 5.70 Å². The molecule has 0 aliphatic rings. The fourth-order valence-electron chi connectivity index (χ4n) is 0.502. The van der Waals surface area contributed by atoms with Gasteiger partial charge in [0.2, 0.25) is 0 Å². The lowest BCUT2D eigenvalue weighted by Gasteiger charge is -1.97. The average Bonchev–Trinajstić information content (AvgIpc) is 2.37. The lowest BCUT2D eigenvalue weighted by atomic mass is 10.4. The standard InChI is InChI=1S/C5H8N4/c1-4(8-6)5-2-3-7-9-5/h2-3,8H,1,6H2,(H,7,9). The Morgan fingerprint density at radius 3 is 3.11 bits per heavy atom. The largest absolute Gasteiger partial charge is 0.323 e. The first kappa shape index (κ1) is 5.84. The quantitative estimate of drug-likeness (QED) is 0.379. The molecule has 0 saturated heterocycles. The van der Waals surface area contributed by atoms with E-state index in [-0.39, 0.29) is 0 Å². The Bertz CT molecular complexity index is 189. The second-order valence-corrected chi connectivity index (χ2v) is 1.59. The summed E-state index contributed by atoms with van der Waals surface area (Å²) in [6, 6.07) is 1.78. The number of hydrazine groups is 1. The van der Waals surface area contributed by atoms with Gasteiger partial charge in [0.1, 0.15) is 0 Å². The molecule has 1 heterocycles. The third-order valence-corrected chi connectivity index (χ3v) is 1.00. The van der Waals surface area contributed by atoms with E-state index in [1.165, 1.54) is 0 Å². The first-order valence-corrected chi connectivity index (χ1v) is 2.50. The molecule has 0 saturated carbocycles. The second-order valence-electron chi connectivity index (χ2n) is 1.59. The van der Waals surface area contributed by atoms with Crippen LogP contribution >= 0.6 is 0 Å². The highest BCUT2D eigenvalue weighted by Crippen LogP contribution is 2.00. The van der Waals surface area contributed by atoms with Gasteiger partial charge in [-0.15, -0.1) is 0 Å². The minimum absolute atomic E-state index is 0.632. The number of rotatable bonds is 2. The maximum absolute atomic E-state index is 5.07. The topological polar surface area (TPSA) is 66.7 Å². The molecule has 0 fully saturated rings. The average molecular weight is 124 g/mol. The summed E-state index contributed by atoms with van der Waals surface area (Å²) >= 11 is 0. The van der Waals surface area contributed by atoms with E-state index in [9.17, 15) is 0 Å². The molecule has 4 nitrogen and oxygen atoms in total. The number of aromatic amines is 1. The van der Waals surface area contributed by atoms with Crippen LogP contribution < -0.4 is 11.3 Å². The van der Waals surface area contributed by atoms with Gasteiger partial charge in [-0.3, -0.25) is 10.9 Å². The van der Waals surface area contributed by atoms with Gasteiger partial charge in [-0.2, -0.15) is 5.10 Å². The predicted octanol–water partition coefficient (Wildman–Crippen LogP) is -0.156. The van der Waals surface area contributed by atoms with Crippen LogP contribution in [-0.2, 0) is 0 Å². The van der Waals surface area contributed by atoms with Crippen molar-refractivity contribution in [2.75, 3.05) is 0 Å². The maximum atomic E-state index is 5.07. The summed E-state index contributed by atoms with van der Waals surface area (Å²) in [5.41, 5.74) is 3.84. The van der Waals surface area contributed by atoms with Gasteiger partial charge >= 0.3 is 0 Å². The van der Waals surface area contributed by atoms with Gasteiger partial charge in [-0.25, -0.2) is 0 Å². The van der Waals surface area contributed by atoms with Crippen molar-refractivity contribution in [2.45, 2.75) is 0 Å². The van der Waals surface area contributed by atoms with E-state index < -0.39 is 0 Å². The fourth-order valence-corrected chi connectivity index (χ4v) is 0.502. The van der Waals surface area contributed by atoms with Gasteiger partial charge in [0, 0.05) is 6.20 Å². The van der Waals surface area contributed by atoms with Crippen molar-refractivity contribution in [1.29, 1.82) is 0 Å². The Kier molecular flexibility index (Phi) is 1.51. The Balaban J connectivity index is 2.77. The molecule has 0 aliphatic heterocycles. The van der Waals surface area contributed by atoms with Crippen molar-refractivity contribution in [3.8, 4) is 0 Å². The maximum Gasteiger partial charge on any atom is 0.0816 e. The second kappa shape index (κ2) is 2.32.